The van der Waals surface area contributed by atoms with Gasteiger partial charge >= 0.3 is 12.4 Å². The quantitative estimate of drug-likeness (QED) is 0.568. The summed E-state index contributed by atoms with van der Waals surface area (Å²) in [7, 11) is -0.951. The Labute approximate surface area is 168 Å². The zero-order valence-corrected chi connectivity index (χ0v) is 16.3. The van der Waals surface area contributed by atoms with Gasteiger partial charge in [0.1, 0.15) is 28.0 Å². The molecule has 13 heteroatoms. The Morgan fingerprint density at radius 3 is 2.53 bits per heavy atom. The van der Waals surface area contributed by atoms with Crippen LogP contribution in [-0.2, 0) is 37.0 Å². The van der Waals surface area contributed by atoms with Crippen molar-refractivity contribution in [2.24, 2.45) is 7.05 Å². The fraction of sp³-hybridized carbons (Fsp3) is 0.471. The van der Waals surface area contributed by atoms with Crippen LogP contribution in [0.1, 0.15) is 24.4 Å². The number of nitrogens with zero attached hydrogens (tertiary/aromatic N) is 5. The molecule has 30 heavy (non-hydrogen) atoms. The highest BCUT2D eigenvalue weighted by Crippen LogP contribution is 2.34. The number of aromatic nitrogens is 5. The minimum atomic E-state index is -4.67. The fourth-order valence-corrected chi connectivity index (χ4v) is 4.73. The van der Waals surface area contributed by atoms with E-state index in [1.54, 1.807) is 0 Å². The van der Waals surface area contributed by atoms with E-state index in [1.165, 1.54) is 16.2 Å². The molecule has 0 saturated carbocycles. The van der Waals surface area contributed by atoms with Crippen molar-refractivity contribution in [3.63, 3.8) is 0 Å². The van der Waals surface area contributed by atoms with Gasteiger partial charge in [-0.15, -0.1) is 0 Å². The number of halogens is 6. The van der Waals surface area contributed by atoms with Crippen LogP contribution < -0.4 is 0 Å². The van der Waals surface area contributed by atoms with Crippen molar-refractivity contribution in [2.45, 2.75) is 43.2 Å². The lowest BCUT2D eigenvalue weighted by molar-refractivity contribution is -0.141. The van der Waals surface area contributed by atoms with Gasteiger partial charge in [0.05, 0.1) is 28.0 Å². The van der Waals surface area contributed by atoms with E-state index < -0.39 is 34.6 Å². The molecule has 162 valence electrons. The van der Waals surface area contributed by atoms with E-state index in [-0.39, 0.29) is 27.6 Å². The van der Waals surface area contributed by atoms with Crippen LogP contribution in [-0.4, -0.2) is 40.2 Å². The average molecular weight is 451 g/mol. The van der Waals surface area contributed by atoms with Gasteiger partial charge in [-0.2, -0.15) is 26.3 Å². The fourth-order valence-electron chi connectivity index (χ4n) is 3.51. The van der Waals surface area contributed by atoms with Crippen LogP contribution in [0.2, 0.25) is 0 Å². The van der Waals surface area contributed by atoms with Crippen LogP contribution in [0.4, 0.5) is 26.3 Å². The van der Waals surface area contributed by atoms with E-state index in [4.69, 9.17) is 0 Å². The highest BCUT2D eigenvalue weighted by Gasteiger charge is 2.36. The molecule has 0 fully saturated rings. The number of hydrogen-bond donors (Lipinski definition) is 0. The van der Waals surface area contributed by atoms with E-state index in [1.807, 2.05) is 0 Å². The molecule has 1 aliphatic heterocycles. The summed E-state index contributed by atoms with van der Waals surface area (Å²) in [6.07, 6.45) is -6.35. The molecule has 1 unspecified atom stereocenters. The number of fused-ring (bicyclic) bond motifs is 2. The lowest BCUT2D eigenvalue weighted by Gasteiger charge is -2.16. The van der Waals surface area contributed by atoms with Crippen LogP contribution in [0.25, 0.3) is 22.6 Å². The largest absolute Gasteiger partial charge is 0.433 e. The molecule has 3 aromatic heterocycles. The Morgan fingerprint density at radius 2 is 1.87 bits per heavy atom. The molecule has 0 aromatic carbocycles. The predicted octanol–water partition coefficient (Wildman–Crippen LogP) is 3.86. The smallest absolute Gasteiger partial charge is 0.324 e. The van der Waals surface area contributed by atoms with Gasteiger partial charge in [0.2, 0.25) is 0 Å². The topological polar surface area (TPSA) is 65.6 Å². The molecule has 0 aliphatic carbocycles. The third-order valence-corrected chi connectivity index (χ3v) is 6.25. The molecule has 0 bridgehead atoms. The van der Waals surface area contributed by atoms with Gasteiger partial charge in [0.15, 0.2) is 5.82 Å². The maximum atomic E-state index is 13.0. The minimum absolute atomic E-state index is 0.0123. The van der Waals surface area contributed by atoms with Crippen molar-refractivity contribution in [2.75, 3.05) is 5.75 Å². The van der Waals surface area contributed by atoms with E-state index in [0.717, 1.165) is 18.7 Å². The highest BCUT2D eigenvalue weighted by molar-refractivity contribution is 7.85. The molecule has 0 radical (unpaired) electrons. The zero-order chi connectivity index (χ0) is 21.8. The summed E-state index contributed by atoms with van der Waals surface area (Å²) in [5, 5.41) is -0.107. The number of hydrogen-bond acceptors (Lipinski definition) is 4. The first-order chi connectivity index (χ1) is 14.0. The molecular formula is C17H15F6N5OS. The van der Waals surface area contributed by atoms with E-state index >= 15 is 0 Å². The zero-order valence-electron chi connectivity index (χ0n) is 15.5. The third kappa shape index (κ3) is 3.70. The minimum Gasteiger partial charge on any atom is -0.324 e. The molecular weight excluding hydrogens is 436 g/mol. The molecule has 1 atom stereocenters. The molecule has 4 heterocycles. The summed E-state index contributed by atoms with van der Waals surface area (Å²) >= 11 is 0. The lowest BCUT2D eigenvalue weighted by Crippen LogP contribution is -2.22. The molecule has 4 rings (SSSR count). The molecule has 6 nitrogen and oxygen atoms in total. The van der Waals surface area contributed by atoms with E-state index in [2.05, 4.69) is 15.0 Å². The first kappa shape index (κ1) is 20.8. The van der Waals surface area contributed by atoms with Gasteiger partial charge in [-0.25, -0.2) is 15.0 Å². The number of aryl methyl sites for hydroxylation is 2. The number of pyridine rings is 1. The van der Waals surface area contributed by atoms with Gasteiger partial charge < -0.3 is 9.13 Å². The Kier molecular flexibility index (Phi) is 4.90. The lowest BCUT2D eigenvalue weighted by atomic mass is 10.2. The summed E-state index contributed by atoms with van der Waals surface area (Å²) in [4.78, 5) is 11.9. The summed E-state index contributed by atoms with van der Waals surface area (Å²) in [6, 6.07) is 0.765. The standard InChI is InChI=1S/C17H15F6N5OS/c1-27-10-7-24-11(17(21,22)23)6-9(10)25-14(27)13-15(30(29)8-16(18,19)20)28-5-3-2-4-12(28)26-13/h6-7H,2-5,8H2,1H3. The van der Waals surface area contributed by atoms with Crippen molar-refractivity contribution < 1.29 is 30.6 Å². The second-order valence-corrected chi connectivity index (χ2v) is 8.31. The second kappa shape index (κ2) is 7.06. The highest BCUT2D eigenvalue weighted by atomic mass is 32.2. The number of alkyl halides is 6. The van der Waals surface area contributed by atoms with Gasteiger partial charge in [-0.1, -0.05) is 0 Å². The third-order valence-electron chi connectivity index (χ3n) is 4.81. The van der Waals surface area contributed by atoms with E-state index in [0.29, 0.717) is 25.2 Å². The van der Waals surface area contributed by atoms with E-state index in [9.17, 15) is 30.6 Å². The van der Waals surface area contributed by atoms with Gasteiger partial charge in [0.25, 0.3) is 0 Å². The van der Waals surface area contributed by atoms with Crippen LogP contribution in [0.15, 0.2) is 17.3 Å². The van der Waals surface area contributed by atoms with Crippen LogP contribution in [0.3, 0.4) is 0 Å². The van der Waals surface area contributed by atoms with Crippen molar-refractivity contribution in [3.05, 3.63) is 23.8 Å². The van der Waals surface area contributed by atoms with Crippen molar-refractivity contribution in [1.82, 2.24) is 24.1 Å². The number of rotatable bonds is 3. The number of imidazole rings is 2. The van der Waals surface area contributed by atoms with Crippen LogP contribution in [0.5, 0.6) is 0 Å². The summed E-state index contributed by atoms with van der Waals surface area (Å²) in [6.45, 7) is 0.366. The van der Waals surface area contributed by atoms with Crippen molar-refractivity contribution >= 4 is 21.8 Å². The SMILES string of the molecule is Cn1c(-c2nc3n(c2S(=O)CC(F)(F)F)CCCC3)nc2cc(C(F)(F)F)ncc21. The first-order valence-corrected chi connectivity index (χ1v) is 10.2. The van der Waals surface area contributed by atoms with Crippen molar-refractivity contribution in [3.8, 4) is 11.5 Å². The van der Waals surface area contributed by atoms with Gasteiger partial charge in [0, 0.05) is 20.0 Å². The Balaban J connectivity index is 1.90. The Bertz CT molecular complexity index is 1150. The predicted molar refractivity (Wildman–Crippen MR) is 95.0 cm³/mol. The average Bonchev–Trinajstić information content (AvgIpc) is 3.17. The molecule has 0 amide bonds. The molecule has 3 aromatic rings. The Morgan fingerprint density at radius 1 is 1.13 bits per heavy atom. The molecule has 1 aliphatic rings. The molecule has 0 N–H and O–H groups in total. The maximum Gasteiger partial charge on any atom is 0.433 e. The monoisotopic (exact) mass is 451 g/mol. The molecule has 0 spiro atoms. The Hall–Kier alpha value is -2.44. The van der Waals surface area contributed by atoms with Gasteiger partial charge in [-0.05, 0) is 18.9 Å². The normalized spacial score (nSPS) is 16.1. The summed E-state index contributed by atoms with van der Waals surface area (Å²) in [5.41, 5.74) is -0.934. The maximum absolute atomic E-state index is 13.0. The summed E-state index contributed by atoms with van der Waals surface area (Å²) < 4.78 is 93.2. The van der Waals surface area contributed by atoms with Crippen LogP contribution in [0, 0.1) is 0 Å². The molecule has 0 saturated heterocycles. The first-order valence-electron chi connectivity index (χ1n) is 8.90. The second-order valence-electron chi connectivity index (χ2n) is 6.95. The summed E-state index contributed by atoms with van der Waals surface area (Å²) in [5.74, 6) is -1.02. The van der Waals surface area contributed by atoms with Crippen LogP contribution >= 0.6 is 0 Å². The van der Waals surface area contributed by atoms with Crippen molar-refractivity contribution in [1.29, 1.82) is 0 Å². The van der Waals surface area contributed by atoms with Gasteiger partial charge in [-0.3, -0.25) is 4.21 Å².